The van der Waals surface area contributed by atoms with E-state index in [0.29, 0.717) is 22.3 Å². The van der Waals surface area contributed by atoms with Crippen LogP contribution in [0.4, 0.5) is 11.4 Å². The number of aliphatic hydroxyl groups excluding tert-OH is 1. The summed E-state index contributed by atoms with van der Waals surface area (Å²) in [5.74, 6) is -0.479. The quantitative estimate of drug-likeness (QED) is 0.526. The molecule has 8 heteroatoms. The van der Waals surface area contributed by atoms with E-state index >= 15 is 0 Å². The standard InChI is InChI=1S/C24H28ClN5O2/c1-29(2)20-9-11-30(12-10-20)22-13-17(18-14-26-27-15-18)5-8-21(22)28-24(32)23(31)16-3-6-19(25)7-4-16/h3-8,13-15,20,23,31H,9-12H2,1-2H3,(H,26,27)(H,28,32). The van der Waals surface area contributed by atoms with Crippen LogP contribution in [0.15, 0.2) is 54.9 Å². The molecule has 1 aliphatic heterocycles. The van der Waals surface area contributed by atoms with E-state index in [-0.39, 0.29) is 0 Å². The highest BCUT2D eigenvalue weighted by Crippen LogP contribution is 2.34. The van der Waals surface area contributed by atoms with Gasteiger partial charge in [-0.05, 0) is 62.3 Å². The lowest BCUT2D eigenvalue weighted by atomic mass is 10.0. The number of nitrogens with zero attached hydrogens (tertiary/aromatic N) is 3. The molecule has 0 saturated carbocycles. The molecule has 1 aromatic heterocycles. The third-order valence-electron chi connectivity index (χ3n) is 6.06. The molecular formula is C24H28ClN5O2. The van der Waals surface area contributed by atoms with Crippen molar-refractivity contribution in [1.29, 1.82) is 0 Å². The second kappa shape index (κ2) is 9.73. The van der Waals surface area contributed by atoms with Crippen molar-refractivity contribution in [3.05, 3.63) is 65.4 Å². The topological polar surface area (TPSA) is 84.5 Å². The van der Waals surface area contributed by atoms with E-state index in [1.807, 2.05) is 18.3 Å². The van der Waals surface area contributed by atoms with Crippen molar-refractivity contribution < 1.29 is 9.90 Å². The van der Waals surface area contributed by atoms with Gasteiger partial charge in [0.2, 0.25) is 0 Å². The molecule has 0 radical (unpaired) electrons. The lowest BCUT2D eigenvalue weighted by molar-refractivity contribution is -0.124. The number of hydrogen-bond donors (Lipinski definition) is 3. The Kier molecular flexibility index (Phi) is 6.79. The molecule has 3 aromatic rings. The fourth-order valence-electron chi connectivity index (χ4n) is 4.11. The Morgan fingerprint density at radius 1 is 1.19 bits per heavy atom. The number of aromatic nitrogens is 2. The SMILES string of the molecule is CN(C)C1CCN(c2cc(-c3cn[nH]c3)ccc2NC(=O)C(O)c2ccc(Cl)cc2)CC1. The van der Waals surface area contributed by atoms with Crippen LogP contribution in [0.25, 0.3) is 11.1 Å². The molecule has 0 spiro atoms. The molecule has 1 unspecified atom stereocenters. The Hall–Kier alpha value is -2.87. The lowest BCUT2D eigenvalue weighted by Crippen LogP contribution is -2.42. The third kappa shape index (κ3) is 4.96. The van der Waals surface area contributed by atoms with E-state index in [1.165, 1.54) is 0 Å². The minimum absolute atomic E-state index is 0.479. The first-order valence-corrected chi connectivity index (χ1v) is 11.1. The van der Waals surface area contributed by atoms with Crippen LogP contribution in [0.5, 0.6) is 0 Å². The van der Waals surface area contributed by atoms with Gasteiger partial charge >= 0.3 is 0 Å². The number of aromatic amines is 1. The number of anilines is 2. The largest absolute Gasteiger partial charge is 0.378 e. The molecule has 1 atom stereocenters. The molecule has 2 aromatic carbocycles. The molecule has 7 nitrogen and oxygen atoms in total. The summed E-state index contributed by atoms with van der Waals surface area (Å²) in [7, 11) is 4.23. The molecule has 1 saturated heterocycles. The van der Waals surface area contributed by atoms with Crippen LogP contribution < -0.4 is 10.2 Å². The summed E-state index contributed by atoms with van der Waals surface area (Å²) in [5, 5.41) is 20.9. The Morgan fingerprint density at radius 3 is 2.53 bits per heavy atom. The Balaban J connectivity index is 1.59. The van der Waals surface area contributed by atoms with E-state index in [0.717, 1.165) is 42.7 Å². The maximum atomic E-state index is 12.9. The number of amides is 1. The molecule has 168 valence electrons. The monoisotopic (exact) mass is 453 g/mol. The number of hydrogen-bond acceptors (Lipinski definition) is 5. The summed E-state index contributed by atoms with van der Waals surface area (Å²) in [6.07, 6.45) is 4.43. The first-order chi connectivity index (χ1) is 15.4. The number of H-pyrrole nitrogens is 1. The molecule has 3 N–H and O–H groups in total. The summed E-state index contributed by atoms with van der Waals surface area (Å²) in [6, 6.07) is 13.1. The number of rotatable bonds is 6. The van der Waals surface area contributed by atoms with Gasteiger partial charge in [-0.3, -0.25) is 9.89 Å². The Bertz CT molecular complexity index is 1040. The van der Waals surface area contributed by atoms with Crippen molar-refractivity contribution in [3.8, 4) is 11.1 Å². The summed E-state index contributed by atoms with van der Waals surface area (Å²) < 4.78 is 0. The van der Waals surface area contributed by atoms with E-state index < -0.39 is 12.0 Å². The highest BCUT2D eigenvalue weighted by molar-refractivity contribution is 6.30. The average molecular weight is 454 g/mol. The van der Waals surface area contributed by atoms with Crippen molar-refractivity contribution in [2.24, 2.45) is 0 Å². The zero-order valence-electron chi connectivity index (χ0n) is 18.3. The van der Waals surface area contributed by atoms with Gasteiger partial charge < -0.3 is 20.2 Å². The average Bonchev–Trinajstić information content (AvgIpc) is 3.34. The first-order valence-electron chi connectivity index (χ1n) is 10.7. The second-order valence-electron chi connectivity index (χ2n) is 8.34. The van der Waals surface area contributed by atoms with Gasteiger partial charge in [-0.2, -0.15) is 5.10 Å². The number of nitrogens with one attached hydrogen (secondary N) is 2. The minimum Gasteiger partial charge on any atom is -0.378 e. The van der Waals surface area contributed by atoms with Gasteiger partial charge in [-0.1, -0.05) is 29.8 Å². The van der Waals surface area contributed by atoms with Gasteiger partial charge in [0, 0.05) is 35.9 Å². The van der Waals surface area contributed by atoms with E-state index in [9.17, 15) is 9.90 Å². The molecule has 32 heavy (non-hydrogen) atoms. The van der Waals surface area contributed by atoms with Crippen LogP contribution in [-0.2, 0) is 4.79 Å². The van der Waals surface area contributed by atoms with Gasteiger partial charge in [0.1, 0.15) is 0 Å². The van der Waals surface area contributed by atoms with E-state index in [2.05, 4.69) is 45.5 Å². The van der Waals surface area contributed by atoms with Gasteiger partial charge in [-0.15, -0.1) is 0 Å². The number of carbonyl (C=O) groups is 1. The second-order valence-corrected chi connectivity index (χ2v) is 8.78. The molecule has 1 amide bonds. The predicted octanol–water partition coefficient (Wildman–Crippen LogP) is 3.93. The molecule has 0 aliphatic carbocycles. The van der Waals surface area contributed by atoms with Crippen molar-refractivity contribution in [2.75, 3.05) is 37.4 Å². The van der Waals surface area contributed by atoms with Crippen LogP contribution in [0.1, 0.15) is 24.5 Å². The van der Waals surface area contributed by atoms with Crippen LogP contribution in [0.2, 0.25) is 5.02 Å². The fourth-order valence-corrected chi connectivity index (χ4v) is 4.23. The van der Waals surface area contributed by atoms with Crippen molar-refractivity contribution in [3.63, 3.8) is 0 Å². The Labute approximate surface area is 193 Å². The normalized spacial score (nSPS) is 15.7. The smallest absolute Gasteiger partial charge is 0.257 e. The highest BCUT2D eigenvalue weighted by atomic mass is 35.5. The third-order valence-corrected chi connectivity index (χ3v) is 6.31. The van der Waals surface area contributed by atoms with Crippen LogP contribution in [-0.4, -0.2) is 59.3 Å². The summed E-state index contributed by atoms with van der Waals surface area (Å²) >= 11 is 5.92. The fraction of sp³-hybridized carbons (Fsp3) is 0.333. The van der Waals surface area contributed by atoms with Crippen LogP contribution in [0, 0.1) is 0 Å². The van der Waals surface area contributed by atoms with Crippen molar-refractivity contribution in [1.82, 2.24) is 15.1 Å². The molecule has 1 aliphatic rings. The Morgan fingerprint density at radius 2 is 1.91 bits per heavy atom. The number of carbonyl (C=O) groups excluding carboxylic acids is 1. The maximum Gasteiger partial charge on any atom is 0.257 e. The molecular weight excluding hydrogens is 426 g/mol. The number of halogens is 1. The summed E-state index contributed by atoms with van der Waals surface area (Å²) in [5.41, 5.74) is 4.11. The number of benzene rings is 2. The zero-order valence-corrected chi connectivity index (χ0v) is 19.0. The van der Waals surface area contributed by atoms with Crippen molar-refractivity contribution >= 4 is 28.9 Å². The molecule has 1 fully saturated rings. The number of piperidine rings is 1. The first kappa shape index (κ1) is 22.3. The van der Waals surface area contributed by atoms with Gasteiger partial charge in [0.05, 0.1) is 17.6 Å². The maximum absolute atomic E-state index is 12.9. The molecule has 2 heterocycles. The van der Waals surface area contributed by atoms with Gasteiger partial charge in [0.25, 0.3) is 5.91 Å². The molecule has 4 rings (SSSR count). The zero-order chi connectivity index (χ0) is 22.7. The van der Waals surface area contributed by atoms with Gasteiger partial charge in [-0.25, -0.2) is 0 Å². The van der Waals surface area contributed by atoms with Crippen LogP contribution >= 0.6 is 11.6 Å². The van der Waals surface area contributed by atoms with Gasteiger partial charge in [0.15, 0.2) is 6.10 Å². The number of aliphatic hydroxyl groups is 1. The summed E-state index contributed by atoms with van der Waals surface area (Å²) in [6.45, 7) is 1.78. The molecule has 0 bridgehead atoms. The summed E-state index contributed by atoms with van der Waals surface area (Å²) in [4.78, 5) is 17.4. The van der Waals surface area contributed by atoms with E-state index in [4.69, 9.17) is 11.6 Å². The lowest BCUT2D eigenvalue weighted by Gasteiger charge is -2.37. The highest BCUT2D eigenvalue weighted by Gasteiger charge is 2.25. The van der Waals surface area contributed by atoms with Crippen LogP contribution in [0.3, 0.4) is 0 Å². The minimum atomic E-state index is -1.28. The van der Waals surface area contributed by atoms with Crippen molar-refractivity contribution in [2.45, 2.75) is 25.0 Å². The van der Waals surface area contributed by atoms with E-state index in [1.54, 1.807) is 30.5 Å². The predicted molar refractivity (Wildman–Crippen MR) is 128 cm³/mol.